The number of carbonyl (C=O) groups is 1. The lowest BCUT2D eigenvalue weighted by atomic mass is 9.91. The Balaban J connectivity index is 1.55. The maximum absolute atomic E-state index is 13.0. The highest BCUT2D eigenvalue weighted by atomic mass is 16.5. The van der Waals surface area contributed by atoms with E-state index in [4.69, 9.17) is 10.00 Å². The predicted molar refractivity (Wildman–Crippen MR) is 106 cm³/mol. The van der Waals surface area contributed by atoms with Crippen LogP contribution in [-0.2, 0) is 16.6 Å². The van der Waals surface area contributed by atoms with Crippen molar-refractivity contribution < 1.29 is 9.53 Å². The normalized spacial score (nSPS) is 18.9. The molecule has 1 amide bonds. The maximum Gasteiger partial charge on any atom is 0.231 e. The molecule has 0 radical (unpaired) electrons. The first-order chi connectivity index (χ1) is 14.1. The third kappa shape index (κ3) is 3.77. The van der Waals surface area contributed by atoms with E-state index in [0.29, 0.717) is 18.0 Å². The molecule has 3 heterocycles. The molecular weight excluding hydrogens is 368 g/mol. The highest BCUT2D eigenvalue weighted by Gasteiger charge is 2.35. The first-order valence-corrected chi connectivity index (χ1v) is 9.54. The van der Waals surface area contributed by atoms with Crippen LogP contribution in [0.5, 0.6) is 0 Å². The molecule has 1 N–H and O–H groups in total. The zero-order chi connectivity index (χ0) is 20.4. The van der Waals surface area contributed by atoms with Gasteiger partial charge in [0.25, 0.3) is 0 Å². The molecule has 1 aliphatic heterocycles. The number of nitriles is 1. The molecule has 0 bridgehead atoms. The number of amides is 1. The van der Waals surface area contributed by atoms with Gasteiger partial charge in [0, 0.05) is 31.6 Å². The van der Waals surface area contributed by atoms with Crippen LogP contribution in [0.15, 0.2) is 42.6 Å². The van der Waals surface area contributed by atoms with E-state index >= 15 is 0 Å². The molecule has 1 saturated heterocycles. The number of benzene rings is 1. The summed E-state index contributed by atoms with van der Waals surface area (Å²) >= 11 is 0. The molecule has 0 spiro atoms. The van der Waals surface area contributed by atoms with E-state index in [9.17, 15) is 4.79 Å². The lowest BCUT2D eigenvalue weighted by Gasteiger charge is -2.30. The van der Waals surface area contributed by atoms with Crippen LogP contribution in [0.1, 0.15) is 35.9 Å². The van der Waals surface area contributed by atoms with Crippen molar-refractivity contribution in [1.82, 2.24) is 19.6 Å². The van der Waals surface area contributed by atoms with Gasteiger partial charge in [-0.25, -0.2) is 4.68 Å². The molecule has 0 saturated carbocycles. The molecule has 0 unspecified atom stereocenters. The number of nitrogens with zero attached hydrogens (tertiary/aromatic N) is 5. The fraction of sp³-hybridized carbons (Fsp3) is 0.333. The van der Waals surface area contributed by atoms with Crippen LogP contribution < -0.4 is 5.32 Å². The van der Waals surface area contributed by atoms with Crippen molar-refractivity contribution in [1.29, 1.82) is 5.26 Å². The van der Waals surface area contributed by atoms with Crippen LogP contribution >= 0.6 is 0 Å². The van der Waals surface area contributed by atoms with Crippen LogP contribution in [0, 0.1) is 24.2 Å². The Kier molecular flexibility index (Phi) is 5.14. The lowest BCUT2D eigenvalue weighted by Crippen LogP contribution is -2.34. The largest absolute Gasteiger partial charge is 0.371 e. The van der Waals surface area contributed by atoms with Gasteiger partial charge in [0.05, 0.1) is 28.9 Å². The van der Waals surface area contributed by atoms with Crippen LogP contribution in [0.4, 0.5) is 5.82 Å². The van der Waals surface area contributed by atoms with Crippen molar-refractivity contribution in [3.05, 3.63) is 59.5 Å². The van der Waals surface area contributed by atoms with Crippen molar-refractivity contribution in [2.75, 3.05) is 11.9 Å². The van der Waals surface area contributed by atoms with Gasteiger partial charge in [0.2, 0.25) is 5.91 Å². The average molecular weight is 390 g/mol. The third-order valence-corrected chi connectivity index (χ3v) is 5.17. The summed E-state index contributed by atoms with van der Waals surface area (Å²) in [7, 11) is 1.85. The van der Waals surface area contributed by atoms with Crippen molar-refractivity contribution in [2.45, 2.75) is 25.9 Å². The van der Waals surface area contributed by atoms with Crippen LogP contribution in [0.3, 0.4) is 0 Å². The van der Waals surface area contributed by atoms with Gasteiger partial charge in [0.1, 0.15) is 6.10 Å². The first-order valence-electron chi connectivity index (χ1n) is 9.54. The molecule has 8 heteroatoms. The molecule has 29 heavy (non-hydrogen) atoms. The molecule has 1 aromatic carbocycles. The fourth-order valence-corrected chi connectivity index (χ4v) is 3.73. The Morgan fingerprint density at radius 3 is 2.97 bits per heavy atom. The van der Waals surface area contributed by atoms with Gasteiger partial charge in [-0.05, 0) is 44.0 Å². The molecular formula is C21H22N6O2. The van der Waals surface area contributed by atoms with Gasteiger partial charge in [-0.15, -0.1) is 5.10 Å². The molecule has 2 aromatic heterocycles. The summed E-state index contributed by atoms with van der Waals surface area (Å²) in [4.78, 5) is 13.0. The standard InChI is InChI=1S/C21H22N6O2/c1-14-11-19(25-27(14)16-6-3-5-15(12-16)13-22)24-21(28)17-7-4-10-29-20(17)18-8-9-23-26(18)2/h3,5-6,8-9,11-12,17,20H,4,7,10H2,1-2H3,(H,24,25,28)/t17-,20-/m1/s1. The molecule has 8 nitrogen and oxygen atoms in total. The zero-order valence-corrected chi connectivity index (χ0v) is 16.4. The van der Waals surface area contributed by atoms with Gasteiger partial charge in [-0.2, -0.15) is 10.4 Å². The van der Waals surface area contributed by atoms with E-state index in [1.165, 1.54) is 0 Å². The van der Waals surface area contributed by atoms with E-state index < -0.39 is 0 Å². The highest BCUT2D eigenvalue weighted by molar-refractivity contribution is 5.92. The van der Waals surface area contributed by atoms with Crippen LogP contribution in [0.2, 0.25) is 0 Å². The quantitative estimate of drug-likeness (QED) is 0.739. The number of aryl methyl sites for hydroxylation is 2. The number of hydrogen-bond donors (Lipinski definition) is 1. The van der Waals surface area contributed by atoms with E-state index in [0.717, 1.165) is 29.9 Å². The summed E-state index contributed by atoms with van der Waals surface area (Å²) < 4.78 is 9.38. The second kappa shape index (κ2) is 7.89. The molecule has 4 rings (SSSR count). The van der Waals surface area contributed by atoms with Crippen molar-refractivity contribution in [3.63, 3.8) is 0 Å². The topological polar surface area (TPSA) is 97.8 Å². The van der Waals surface area contributed by atoms with Crippen LogP contribution in [-0.4, -0.2) is 32.1 Å². The van der Waals surface area contributed by atoms with E-state index in [2.05, 4.69) is 21.6 Å². The molecule has 148 valence electrons. The van der Waals surface area contributed by atoms with Crippen molar-refractivity contribution in [3.8, 4) is 11.8 Å². The molecule has 3 aromatic rings. The Morgan fingerprint density at radius 1 is 1.34 bits per heavy atom. The predicted octanol–water partition coefficient (Wildman–Crippen LogP) is 2.89. The lowest BCUT2D eigenvalue weighted by molar-refractivity contribution is -0.129. The average Bonchev–Trinajstić information content (AvgIpc) is 3.33. The SMILES string of the molecule is Cc1cc(NC(=O)[C@@H]2CCCO[C@H]2c2ccnn2C)nn1-c1cccc(C#N)c1. The minimum atomic E-state index is -0.327. The Hall–Kier alpha value is -3.44. The van der Waals surface area contributed by atoms with E-state index in [1.807, 2.05) is 38.2 Å². The van der Waals surface area contributed by atoms with Gasteiger partial charge in [-0.3, -0.25) is 9.48 Å². The van der Waals surface area contributed by atoms with Gasteiger partial charge in [-0.1, -0.05) is 6.07 Å². The number of rotatable bonds is 4. The van der Waals surface area contributed by atoms with E-state index in [1.54, 1.807) is 27.7 Å². The minimum Gasteiger partial charge on any atom is -0.371 e. The Morgan fingerprint density at radius 2 is 2.21 bits per heavy atom. The van der Waals surface area contributed by atoms with Crippen LogP contribution in [0.25, 0.3) is 5.69 Å². The summed E-state index contributed by atoms with van der Waals surface area (Å²) in [5, 5.41) is 20.8. The number of carbonyl (C=O) groups excluding carboxylic acids is 1. The summed E-state index contributed by atoms with van der Waals surface area (Å²) in [6.07, 6.45) is 2.96. The Labute approximate surface area is 168 Å². The first kappa shape index (κ1) is 18.9. The van der Waals surface area contributed by atoms with Gasteiger partial charge < -0.3 is 10.1 Å². The number of anilines is 1. The second-order valence-electron chi connectivity index (χ2n) is 7.15. The van der Waals surface area contributed by atoms with E-state index in [-0.39, 0.29) is 17.9 Å². The van der Waals surface area contributed by atoms with Crippen molar-refractivity contribution >= 4 is 11.7 Å². The number of ether oxygens (including phenoxy) is 1. The van der Waals surface area contributed by atoms with Gasteiger partial charge in [0.15, 0.2) is 5.82 Å². The molecule has 0 aliphatic carbocycles. The Bertz CT molecular complexity index is 1080. The number of nitrogens with one attached hydrogen (secondary N) is 1. The number of aromatic nitrogens is 4. The zero-order valence-electron chi connectivity index (χ0n) is 16.4. The summed E-state index contributed by atoms with van der Waals surface area (Å²) in [5.41, 5.74) is 3.08. The van der Waals surface area contributed by atoms with Gasteiger partial charge >= 0.3 is 0 Å². The summed E-state index contributed by atoms with van der Waals surface area (Å²) in [6.45, 7) is 2.53. The van der Waals surface area contributed by atoms with Crippen molar-refractivity contribution in [2.24, 2.45) is 13.0 Å². The summed E-state index contributed by atoms with van der Waals surface area (Å²) in [6, 6.07) is 13.0. The third-order valence-electron chi connectivity index (χ3n) is 5.17. The number of hydrogen-bond acceptors (Lipinski definition) is 5. The fourth-order valence-electron chi connectivity index (χ4n) is 3.73. The molecule has 2 atom stereocenters. The monoisotopic (exact) mass is 390 g/mol. The highest BCUT2D eigenvalue weighted by Crippen LogP contribution is 2.34. The summed E-state index contributed by atoms with van der Waals surface area (Å²) in [5.74, 6) is 0.0436. The second-order valence-corrected chi connectivity index (χ2v) is 7.15. The smallest absolute Gasteiger partial charge is 0.231 e. The minimum absolute atomic E-state index is 0.119. The molecule has 1 fully saturated rings. The molecule has 1 aliphatic rings. The maximum atomic E-state index is 13.0.